The summed E-state index contributed by atoms with van der Waals surface area (Å²) < 4.78 is 68.8. The van der Waals surface area contributed by atoms with Crippen LogP contribution in [-0.4, -0.2) is 62.1 Å². The van der Waals surface area contributed by atoms with Crippen LogP contribution in [0.25, 0.3) is 11.3 Å². The van der Waals surface area contributed by atoms with E-state index in [-0.39, 0.29) is 22.8 Å². The molecule has 8 nitrogen and oxygen atoms in total. The van der Waals surface area contributed by atoms with E-state index in [1.54, 1.807) is 6.92 Å². The van der Waals surface area contributed by atoms with Crippen molar-refractivity contribution >= 4 is 21.5 Å². The van der Waals surface area contributed by atoms with Gasteiger partial charge in [0.25, 0.3) is 0 Å². The number of hydrogen-bond acceptors (Lipinski definition) is 7. The van der Waals surface area contributed by atoms with Crippen LogP contribution in [0, 0.1) is 6.92 Å². The lowest BCUT2D eigenvalue weighted by Gasteiger charge is -2.36. The Morgan fingerprint density at radius 2 is 1.74 bits per heavy atom. The lowest BCUT2D eigenvalue weighted by atomic mass is 10.0. The number of nitrogens with zero attached hydrogens (tertiary/aromatic N) is 3. The minimum absolute atomic E-state index is 0.149. The summed E-state index contributed by atoms with van der Waals surface area (Å²) in [4.78, 5) is 2.67. The van der Waals surface area contributed by atoms with E-state index in [0.717, 1.165) is 37.6 Å². The number of aromatic nitrogens is 2. The molecule has 3 heterocycles. The third-order valence-electron chi connectivity index (χ3n) is 6.00. The normalized spacial score (nSPS) is 18.0. The molecule has 4 rings (SSSR count). The van der Waals surface area contributed by atoms with Crippen LogP contribution in [0.1, 0.15) is 43.2 Å². The van der Waals surface area contributed by atoms with Gasteiger partial charge in [0.2, 0.25) is 10.0 Å². The molecule has 0 bridgehead atoms. The summed E-state index contributed by atoms with van der Waals surface area (Å²) in [6.07, 6.45) is 3.04. The fourth-order valence-electron chi connectivity index (χ4n) is 4.32. The molecule has 0 atom stereocenters. The van der Waals surface area contributed by atoms with Crippen molar-refractivity contribution in [3.05, 3.63) is 35.4 Å². The molecule has 0 spiro atoms. The lowest BCUT2D eigenvalue weighted by Crippen LogP contribution is -2.42. The van der Waals surface area contributed by atoms with E-state index in [9.17, 15) is 21.6 Å². The first kappa shape index (κ1) is 27.2. The van der Waals surface area contributed by atoms with Crippen molar-refractivity contribution in [3.63, 3.8) is 0 Å². The maximum absolute atomic E-state index is 12.8. The smallest absolute Gasteiger partial charge is 0.382 e. The molecule has 2 aliphatic heterocycles. The Kier molecular flexibility index (Phi) is 8.94. The van der Waals surface area contributed by atoms with E-state index in [1.807, 2.05) is 0 Å². The number of rotatable bonds is 4. The van der Waals surface area contributed by atoms with Gasteiger partial charge in [-0.2, -0.15) is 13.2 Å². The van der Waals surface area contributed by atoms with Gasteiger partial charge in [0.1, 0.15) is 5.82 Å². The molecule has 1 aromatic carbocycles. The fraction of sp³-hybridized carbons (Fsp3) is 0.565. The van der Waals surface area contributed by atoms with Gasteiger partial charge >= 0.3 is 6.18 Å². The predicted molar refractivity (Wildman–Crippen MR) is 129 cm³/mol. The van der Waals surface area contributed by atoms with Crippen LogP contribution in [0.3, 0.4) is 0 Å². The first-order chi connectivity index (χ1) is 16.4. The molecule has 0 unspecified atom stereocenters. The number of alkyl halides is 3. The summed E-state index contributed by atoms with van der Waals surface area (Å²) in [6, 6.07) is 5.04. The van der Waals surface area contributed by atoms with E-state index >= 15 is 0 Å². The minimum atomic E-state index is -4.60. The van der Waals surface area contributed by atoms with Crippen LogP contribution in [0.4, 0.5) is 24.7 Å². The van der Waals surface area contributed by atoms with E-state index in [0.29, 0.717) is 11.6 Å². The highest BCUT2D eigenvalue weighted by molar-refractivity contribution is 7.92. The van der Waals surface area contributed by atoms with Crippen LogP contribution in [-0.2, 0) is 20.9 Å². The first-order valence-corrected chi connectivity index (χ1v) is 13.4. The van der Waals surface area contributed by atoms with Gasteiger partial charge in [-0.15, -0.1) is 10.2 Å². The summed E-state index contributed by atoms with van der Waals surface area (Å²) in [5.74, 6) is 0.149. The maximum atomic E-state index is 12.8. The molecule has 194 valence electrons. The fourth-order valence-corrected chi connectivity index (χ4v) is 4.89. The zero-order chi connectivity index (χ0) is 25.6. The maximum Gasteiger partial charge on any atom is 0.416 e. The Balaban J connectivity index is 0.000000237. The lowest BCUT2D eigenvalue weighted by molar-refractivity contribution is -0.137. The Morgan fingerprint density at radius 1 is 1.09 bits per heavy atom. The molecule has 2 saturated heterocycles. The van der Waals surface area contributed by atoms with E-state index < -0.39 is 21.8 Å². The topological polar surface area (TPSA) is 110 Å². The highest BCUT2D eigenvalue weighted by Gasteiger charge is 2.31. The number of ether oxygens (including phenoxy) is 1. The Hall–Kier alpha value is -2.44. The summed E-state index contributed by atoms with van der Waals surface area (Å²) >= 11 is 0. The number of halogens is 3. The number of likely N-dealkylation sites (tertiary alicyclic amines) is 1. The second-order valence-electron chi connectivity index (χ2n) is 8.87. The van der Waals surface area contributed by atoms with Gasteiger partial charge < -0.3 is 15.4 Å². The number of nitrogens with two attached hydrogens (primary N) is 1. The molecule has 1 aromatic heterocycles. The average molecular weight is 516 g/mol. The number of benzene rings is 1. The predicted octanol–water partition coefficient (Wildman–Crippen LogP) is 4.08. The Morgan fingerprint density at radius 3 is 2.31 bits per heavy atom. The third-order valence-corrected chi connectivity index (χ3v) is 6.59. The molecule has 0 radical (unpaired) electrons. The Labute approximate surface area is 204 Å². The third kappa shape index (κ3) is 8.04. The highest BCUT2D eigenvalue weighted by atomic mass is 32.2. The van der Waals surface area contributed by atoms with Gasteiger partial charge in [-0.1, -0.05) is 12.5 Å². The molecule has 0 saturated carbocycles. The van der Waals surface area contributed by atoms with Crippen molar-refractivity contribution in [1.29, 1.82) is 0 Å². The second kappa shape index (κ2) is 11.5. The van der Waals surface area contributed by atoms with Crippen molar-refractivity contribution < 1.29 is 26.3 Å². The van der Waals surface area contributed by atoms with Gasteiger partial charge in [-0.05, 0) is 69.5 Å². The number of aryl methyl sites for hydroxylation is 1. The summed E-state index contributed by atoms with van der Waals surface area (Å²) in [6.45, 7) is 6.29. The number of anilines is 2. The molecule has 0 amide bonds. The molecular formula is C23H32F3N5O3S. The average Bonchev–Trinajstić information content (AvgIpc) is 2.79. The quantitative estimate of drug-likeness (QED) is 0.631. The first-order valence-electron chi connectivity index (χ1n) is 11.5. The van der Waals surface area contributed by atoms with Crippen molar-refractivity contribution in [1.82, 2.24) is 15.1 Å². The monoisotopic (exact) mass is 515 g/mol. The largest absolute Gasteiger partial charge is 0.416 e. The van der Waals surface area contributed by atoms with Gasteiger partial charge in [0, 0.05) is 24.8 Å². The van der Waals surface area contributed by atoms with Crippen molar-refractivity contribution in [2.24, 2.45) is 0 Å². The molecule has 2 fully saturated rings. The second-order valence-corrected chi connectivity index (χ2v) is 10.6. The molecule has 35 heavy (non-hydrogen) atoms. The summed E-state index contributed by atoms with van der Waals surface area (Å²) in [5, 5.41) is 7.49. The molecule has 0 aliphatic carbocycles. The summed E-state index contributed by atoms with van der Waals surface area (Å²) in [7, 11) is -3.78. The van der Waals surface area contributed by atoms with Crippen molar-refractivity contribution in [2.45, 2.75) is 51.2 Å². The van der Waals surface area contributed by atoms with E-state index in [4.69, 9.17) is 10.5 Å². The van der Waals surface area contributed by atoms with Crippen LogP contribution in [0.15, 0.2) is 24.3 Å². The molecule has 3 N–H and O–H groups in total. The van der Waals surface area contributed by atoms with Crippen molar-refractivity contribution in [2.75, 3.05) is 43.0 Å². The molecule has 12 heteroatoms. The van der Waals surface area contributed by atoms with Gasteiger partial charge in [-0.3, -0.25) is 4.72 Å². The zero-order valence-electron chi connectivity index (χ0n) is 19.9. The van der Waals surface area contributed by atoms with Crippen molar-refractivity contribution in [3.8, 4) is 11.3 Å². The van der Waals surface area contributed by atoms with Crippen LogP contribution in [0.5, 0.6) is 0 Å². The Bertz CT molecular complexity index is 1080. The summed E-state index contributed by atoms with van der Waals surface area (Å²) in [5.41, 5.74) is 5.24. The zero-order valence-corrected chi connectivity index (χ0v) is 20.8. The van der Waals surface area contributed by atoms with E-state index in [2.05, 4.69) is 19.8 Å². The van der Waals surface area contributed by atoms with Gasteiger partial charge in [-0.25, -0.2) is 8.42 Å². The van der Waals surface area contributed by atoms with Crippen LogP contribution < -0.4 is 10.5 Å². The highest BCUT2D eigenvalue weighted by Crippen LogP contribution is 2.36. The van der Waals surface area contributed by atoms with E-state index in [1.165, 1.54) is 51.3 Å². The molecular weight excluding hydrogens is 483 g/mol. The number of piperidine rings is 1. The SMILES string of the molecule is C1CCN(C2CCOCC2)CC1.Cc1cc(N)nnc1-c1ccc(C(F)(F)F)cc1NS(C)(=O)=O. The standard InChI is InChI=1S/C13H13F3N4O2S.C10H19NO/c1-7-5-11(17)18-19-12(7)9-4-3-8(13(14,15)16)6-10(9)20-23(2,21)22;1-2-6-11(7-3-1)10-4-8-12-9-5-10/h3-6,20H,1-2H3,(H2,17,18);10H,1-9H2. The minimum Gasteiger partial charge on any atom is -0.382 e. The number of hydrogen-bond donors (Lipinski definition) is 2. The van der Waals surface area contributed by atoms with Crippen LogP contribution >= 0.6 is 0 Å². The number of nitrogens with one attached hydrogen (secondary N) is 1. The number of nitrogen functional groups attached to an aromatic ring is 1. The molecule has 2 aliphatic rings. The van der Waals surface area contributed by atoms with Gasteiger partial charge in [0.15, 0.2) is 0 Å². The number of sulfonamides is 1. The van der Waals surface area contributed by atoms with Gasteiger partial charge in [0.05, 0.1) is 23.2 Å². The molecule has 2 aromatic rings. The van der Waals surface area contributed by atoms with Crippen LogP contribution in [0.2, 0.25) is 0 Å².